The van der Waals surface area contributed by atoms with Gasteiger partial charge in [0.1, 0.15) is 0 Å². The first-order valence-corrected chi connectivity index (χ1v) is 13.6. The van der Waals surface area contributed by atoms with Crippen LogP contribution in [0.15, 0.2) is 53.4 Å². The first-order valence-electron chi connectivity index (χ1n) is 12.2. The average Bonchev–Trinajstić information content (AvgIpc) is 2.89. The second-order valence-corrected chi connectivity index (χ2v) is 11.1. The zero-order chi connectivity index (χ0) is 24.1. The molecule has 0 radical (unpaired) electrons. The van der Waals surface area contributed by atoms with Gasteiger partial charge in [-0.15, -0.1) is 0 Å². The van der Waals surface area contributed by atoms with E-state index in [2.05, 4.69) is 5.32 Å². The average molecular weight is 484 g/mol. The minimum atomic E-state index is -3.61. The number of piperidine rings is 1. The molecule has 2 amide bonds. The van der Waals surface area contributed by atoms with Crippen LogP contribution in [0.3, 0.4) is 0 Å². The molecule has 1 saturated heterocycles. The van der Waals surface area contributed by atoms with Gasteiger partial charge in [0.2, 0.25) is 10.0 Å². The lowest BCUT2D eigenvalue weighted by Gasteiger charge is -2.31. The Balaban J connectivity index is 1.52. The van der Waals surface area contributed by atoms with Gasteiger partial charge in [-0.25, -0.2) is 8.42 Å². The van der Waals surface area contributed by atoms with Crippen LogP contribution in [-0.4, -0.2) is 55.6 Å². The molecule has 1 aliphatic heterocycles. The summed E-state index contributed by atoms with van der Waals surface area (Å²) < 4.78 is 27.6. The smallest absolute Gasteiger partial charge is 0.256 e. The Labute approximate surface area is 202 Å². The molecule has 2 fully saturated rings. The third-order valence-electron chi connectivity index (χ3n) is 6.89. The number of carbonyl (C=O) groups is 2. The fourth-order valence-electron chi connectivity index (χ4n) is 4.88. The van der Waals surface area contributed by atoms with E-state index in [0.717, 1.165) is 44.9 Å². The molecule has 4 rings (SSSR count). The first kappa shape index (κ1) is 24.4. The summed E-state index contributed by atoms with van der Waals surface area (Å²) in [5, 5.41) is 2.79. The van der Waals surface area contributed by atoms with Crippen LogP contribution in [0.1, 0.15) is 72.1 Å². The summed E-state index contributed by atoms with van der Waals surface area (Å²) in [6, 6.07) is 13.3. The van der Waals surface area contributed by atoms with Gasteiger partial charge in [-0.3, -0.25) is 9.59 Å². The number of nitrogens with zero attached hydrogens (tertiary/aromatic N) is 2. The van der Waals surface area contributed by atoms with Crippen molar-refractivity contribution in [3.8, 4) is 0 Å². The van der Waals surface area contributed by atoms with Gasteiger partial charge in [-0.05, 0) is 56.0 Å². The lowest BCUT2D eigenvalue weighted by molar-refractivity contribution is 0.0692. The van der Waals surface area contributed by atoms with E-state index >= 15 is 0 Å². The van der Waals surface area contributed by atoms with E-state index in [1.54, 1.807) is 47.4 Å². The fourth-order valence-corrected chi connectivity index (χ4v) is 6.44. The van der Waals surface area contributed by atoms with Gasteiger partial charge in [0, 0.05) is 31.9 Å². The van der Waals surface area contributed by atoms with Crippen molar-refractivity contribution in [1.29, 1.82) is 0 Å². The number of anilines is 1. The molecule has 2 aromatic rings. The van der Waals surface area contributed by atoms with E-state index in [-0.39, 0.29) is 22.4 Å². The molecule has 34 heavy (non-hydrogen) atoms. The third-order valence-corrected chi connectivity index (χ3v) is 8.78. The van der Waals surface area contributed by atoms with E-state index in [1.165, 1.54) is 16.8 Å². The Morgan fingerprint density at radius 1 is 0.882 bits per heavy atom. The van der Waals surface area contributed by atoms with Gasteiger partial charge < -0.3 is 10.2 Å². The highest BCUT2D eigenvalue weighted by Crippen LogP contribution is 2.25. The molecule has 1 saturated carbocycles. The Morgan fingerprint density at radius 3 is 2.24 bits per heavy atom. The second kappa shape index (κ2) is 10.7. The summed E-state index contributed by atoms with van der Waals surface area (Å²) >= 11 is 0. The zero-order valence-electron chi connectivity index (χ0n) is 19.7. The van der Waals surface area contributed by atoms with Crippen molar-refractivity contribution in [3.63, 3.8) is 0 Å². The van der Waals surface area contributed by atoms with Crippen LogP contribution in [-0.2, 0) is 10.0 Å². The molecule has 0 aromatic heterocycles. The number of nitrogens with one attached hydrogen (secondary N) is 1. The van der Waals surface area contributed by atoms with Gasteiger partial charge in [0.25, 0.3) is 11.8 Å². The number of sulfonamides is 1. The molecule has 182 valence electrons. The van der Waals surface area contributed by atoms with Gasteiger partial charge in [0.15, 0.2) is 0 Å². The summed E-state index contributed by atoms with van der Waals surface area (Å²) in [5.41, 5.74) is 1.01. The molecule has 0 atom stereocenters. The van der Waals surface area contributed by atoms with Gasteiger partial charge in [-0.1, -0.05) is 43.9 Å². The maximum atomic E-state index is 13.2. The molecule has 1 N–H and O–H groups in total. The van der Waals surface area contributed by atoms with Crippen LogP contribution in [0.2, 0.25) is 0 Å². The normalized spacial score (nSPS) is 17.8. The maximum absolute atomic E-state index is 13.2. The van der Waals surface area contributed by atoms with E-state index in [9.17, 15) is 18.0 Å². The van der Waals surface area contributed by atoms with Crippen molar-refractivity contribution >= 4 is 27.5 Å². The molecular formula is C26H33N3O4S. The first-order chi connectivity index (χ1) is 16.4. The molecule has 0 unspecified atom stereocenters. The Hall–Kier alpha value is -2.71. The molecular weight excluding hydrogens is 450 g/mol. The molecule has 7 nitrogen and oxygen atoms in total. The highest BCUT2D eigenvalue weighted by molar-refractivity contribution is 7.89. The molecule has 1 heterocycles. The number of hydrogen-bond acceptors (Lipinski definition) is 4. The maximum Gasteiger partial charge on any atom is 0.256 e. The summed E-state index contributed by atoms with van der Waals surface area (Å²) in [7, 11) is -1.80. The van der Waals surface area contributed by atoms with Crippen molar-refractivity contribution in [2.45, 2.75) is 62.3 Å². The van der Waals surface area contributed by atoms with Crippen LogP contribution < -0.4 is 5.32 Å². The van der Waals surface area contributed by atoms with E-state index in [1.807, 2.05) is 7.05 Å². The Bertz CT molecular complexity index is 1140. The topological polar surface area (TPSA) is 86.8 Å². The summed E-state index contributed by atoms with van der Waals surface area (Å²) in [4.78, 5) is 28.3. The number of rotatable bonds is 6. The lowest BCUT2D eigenvalue weighted by atomic mass is 9.93. The van der Waals surface area contributed by atoms with Crippen LogP contribution >= 0.6 is 0 Å². The minimum absolute atomic E-state index is 0.161. The molecule has 2 aliphatic rings. The predicted molar refractivity (Wildman–Crippen MR) is 132 cm³/mol. The van der Waals surface area contributed by atoms with E-state index in [0.29, 0.717) is 24.3 Å². The molecule has 2 aromatic carbocycles. The minimum Gasteiger partial charge on any atom is -0.339 e. The molecule has 0 bridgehead atoms. The lowest BCUT2D eigenvalue weighted by Crippen LogP contribution is -2.39. The highest BCUT2D eigenvalue weighted by atomic mass is 32.2. The van der Waals surface area contributed by atoms with Crippen molar-refractivity contribution in [2.75, 3.05) is 25.5 Å². The summed E-state index contributed by atoms with van der Waals surface area (Å²) in [6.07, 6.45) is 8.14. The molecule has 1 aliphatic carbocycles. The quantitative estimate of drug-likeness (QED) is 0.655. The van der Waals surface area contributed by atoms with Crippen molar-refractivity contribution < 1.29 is 18.0 Å². The van der Waals surface area contributed by atoms with E-state index in [4.69, 9.17) is 0 Å². The van der Waals surface area contributed by atoms with Gasteiger partial charge in [0.05, 0.1) is 16.0 Å². The number of amides is 2. The molecule has 0 spiro atoms. The Morgan fingerprint density at radius 2 is 1.53 bits per heavy atom. The fraction of sp³-hybridized carbons (Fsp3) is 0.462. The largest absolute Gasteiger partial charge is 0.339 e. The van der Waals surface area contributed by atoms with Crippen molar-refractivity contribution in [1.82, 2.24) is 9.21 Å². The van der Waals surface area contributed by atoms with Crippen LogP contribution in [0.25, 0.3) is 0 Å². The number of carbonyl (C=O) groups excluding carboxylic acids is 2. The summed E-state index contributed by atoms with van der Waals surface area (Å²) in [6.45, 7) is 1.03. The summed E-state index contributed by atoms with van der Waals surface area (Å²) in [5.74, 6) is -0.604. The van der Waals surface area contributed by atoms with Gasteiger partial charge in [-0.2, -0.15) is 4.31 Å². The Kier molecular flexibility index (Phi) is 7.68. The highest BCUT2D eigenvalue weighted by Gasteiger charge is 2.28. The third kappa shape index (κ3) is 5.33. The van der Waals surface area contributed by atoms with Crippen molar-refractivity contribution in [3.05, 3.63) is 59.7 Å². The number of benzene rings is 2. The van der Waals surface area contributed by atoms with Crippen LogP contribution in [0.5, 0.6) is 0 Å². The van der Waals surface area contributed by atoms with Crippen LogP contribution in [0.4, 0.5) is 5.69 Å². The van der Waals surface area contributed by atoms with Crippen molar-refractivity contribution in [2.24, 2.45) is 0 Å². The van der Waals surface area contributed by atoms with Gasteiger partial charge >= 0.3 is 0 Å². The standard InChI is InChI=1S/C26H33N3O4S/c1-28(21-12-4-2-5-13-21)26(31)24-16-7-6-15-23(24)25(30)27-20-11-10-14-22(19-20)34(32,33)29-17-8-3-9-18-29/h6-7,10-11,14-16,19,21H,2-5,8-9,12-13,17-18H2,1H3,(H,27,30). The number of hydrogen-bond donors (Lipinski definition) is 1. The zero-order valence-corrected chi connectivity index (χ0v) is 20.5. The van der Waals surface area contributed by atoms with Crippen LogP contribution in [0, 0.1) is 0 Å². The van der Waals surface area contributed by atoms with E-state index < -0.39 is 15.9 Å². The SMILES string of the molecule is CN(C(=O)c1ccccc1C(=O)Nc1cccc(S(=O)(=O)N2CCCCC2)c1)C1CCCCC1. The second-order valence-electron chi connectivity index (χ2n) is 9.20. The molecule has 8 heteroatoms. The predicted octanol–water partition coefficient (Wildman–Crippen LogP) is 4.52. The monoisotopic (exact) mass is 483 g/mol.